The third-order valence-corrected chi connectivity index (χ3v) is 4.14. The predicted molar refractivity (Wildman–Crippen MR) is 65.9 cm³/mol. The van der Waals surface area contributed by atoms with Gasteiger partial charge >= 0.3 is 0 Å². The Balaban J connectivity index is 1.68. The average Bonchev–Trinajstić information content (AvgIpc) is 3.02. The van der Waals surface area contributed by atoms with E-state index in [1.807, 2.05) is 0 Å². The normalized spacial score (nSPS) is 27.5. The van der Waals surface area contributed by atoms with Crippen LogP contribution in [0.1, 0.15) is 50.2 Å². The van der Waals surface area contributed by atoms with Crippen molar-refractivity contribution in [3.63, 3.8) is 0 Å². The zero-order valence-electron chi connectivity index (χ0n) is 10.7. The number of nitrogens with zero attached hydrogens (tertiary/aromatic N) is 2. The molecule has 0 amide bonds. The second-order valence-electron chi connectivity index (χ2n) is 5.67. The monoisotopic (exact) mass is 251 g/mol. The van der Waals surface area contributed by atoms with Crippen molar-refractivity contribution < 1.29 is 9.26 Å². The van der Waals surface area contributed by atoms with Crippen LogP contribution in [0.5, 0.6) is 0 Å². The summed E-state index contributed by atoms with van der Waals surface area (Å²) < 4.78 is 10.8. The minimum atomic E-state index is -0.379. The van der Waals surface area contributed by atoms with Crippen LogP contribution in [-0.4, -0.2) is 23.4 Å². The summed E-state index contributed by atoms with van der Waals surface area (Å²) in [7, 11) is 0. The van der Waals surface area contributed by atoms with Crippen molar-refractivity contribution in [1.82, 2.24) is 10.1 Å². The van der Waals surface area contributed by atoms with Gasteiger partial charge in [-0.25, -0.2) is 0 Å². The Labute approximate surface area is 107 Å². The molecule has 1 saturated heterocycles. The third-order valence-electron chi connectivity index (χ3n) is 4.14. The van der Waals surface area contributed by atoms with Crippen LogP contribution in [0.25, 0.3) is 0 Å². The molecule has 1 aromatic heterocycles. The van der Waals surface area contributed by atoms with Gasteiger partial charge in [0, 0.05) is 19.6 Å². The summed E-state index contributed by atoms with van der Waals surface area (Å²) in [5.74, 6) is 1.96. The molecule has 100 valence electrons. The fourth-order valence-electron chi connectivity index (χ4n) is 2.94. The van der Waals surface area contributed by atoms with Gasteiger partial charge in [0.25, 0.3) is 0 Å². The van der Waals surface area contributed by atoms with Gasteiger partial charge < -0.3 is 15.0 Å². The molecule has 0 radical (unpaired) electrons. The minimum Gasteiger partial charge on any atom is -0.381 e. The van der Waals surface area contributed by atoms with Crippen LogP contribution in [0.15, 0.2) is 4.52 Å². The molecule has 2 fully saturated rings. The SMILES string of the molecule is NC1(c2nc(CC3CCOC3)no2)CCCCC1. The van der Waals surface area contributed by atoms with Crippen LogP contribution in [0.2, 0.25) is 0 Å². The number of ether oxygens (including phenoxy) is 1. The van der Waals surface area contributed by atoms with E-state index in [4.69, 9.17) is 15.0 Å². The third kappa shape index (κ3) is 2.42. The first-order valence-corrected chi connectivity index (χ1v) is 6.96. The molecule has 1 atom stereocenters. The first kappa shape index (κ1) is 12.1. The van der Waals surface area contributed by atoms with E-state index in [0.717, 1.165) is 57.6 Å². The highest BCUT2D eigenvalue weighted by Crippen LogP contribution is 2.33. The molecule has 5 heteroatoms. The molecule has 0 bridgehead atoms. The average molecular weight is 251 g/mol. The molecule has 2 aliphatic rings. The van der Waals surface area contributed by atoms with Gasteiger partial charge in [-0.2, -0.15) is 4.98 Å². The van der Waals surface area contributed by atoms with E-state index >= 15 is 0 Å². The maximum atomic E-state index is 6.38. The summed E-state index contributed by atoms with van der Waals surface area (Å²) in [6.07, 6.45) is 7.44. The van der Waals surface area contributed by atoms with Crippen molar-refractivity contribution in [2.24, 2.45) is 11.7 Å². The van der Waals surface area contributed by atoms with Crippen LogP contribution in [0.3, 0.4) is 0 Å². The molecule has 2 N–H and O–H groups in total. The van der Waals surface area contributed by atoms with Crippen molar-refractivity contribution in [2.75, 3.05) is 13.2 Å². The Kier molecular flexibility index (Phi) is 3.35. The van der Waals surface area contributed by atoms with Gasteiger partial charge in [0.2, 0.25) is 5.89 Å². The minimum absolute atomic E-state index is 0.379. The van der Waals surface area contributed by atoms with E-state index in [9.17, 15) is 0 Å². The van der Waals surface area contributed by atoms with Crippen LogP contribution in [0, 0.1) is 5.92 Å². The highest BCUT2D eigenvalue weighted by molar-refractivity contribution is 5.04. The van der Waals surface area contributed by atoms with Gasteiger partial charge in [0.05, 0.1) is 5.54 Å². The highest BCUT2D eigenvalue weighted by atomic mass is 16.5. The lowest BCUT2D eigenvalue weighted by Gasteiger charge is -2.29. The molecule has 5 nitrogen and oxygen atoms in total. The molecule has 1 aliphatic heterocycles. The van der Waals surface area contributed by atoms with E-state index in [2.05, 4.69) is 10.1 Å². The van der Waals surface area contributed by atoms with Crippen molar-refractivity contribution in [1.29, 1.82) is 0 Å². The largest absolute Gasteiger partial charge is 0.381 e. The number of hydrogen-bond acceptors (Lipinski definition) is 5. The van der Waals surface area contributed by atoms with Gasteiger partial charge in [-0.3, -0.25) is 0 Å². The lowest BCUT2D eigenvalue weighted by atomic mass is 9.82. The Morgan fingerprint density at radius 2 is 2.11 bits per heavy atom. The zero-order chi connectivity index (χ0) is 12.4. The summed E-state index contributed by atoms with van der Waals surface area (Å²) in [6, 6.07) is 0. The maximum absolute atomic E-state index is 6.38. The standard InChI is InChI=1S/C13H21N3O2/c14-13(5-2-1-3-6-13)12-15-11(16-18-12)8-10-4-7-17-9-10/h10H,1-9,14H2. The summed E-state index contributed by atoms with van der Waals surface area (Å²) in [6.45, 7) is 1.67. The second kappa shape index (κ2) is 4.97. The molecule has 3 rings (SSSR count). The van der Waals surface area contributed by atoms with Crippen molar-refractivity contribution in [2.45, 2.75) is 50.5 Å². The molecule has 0 spiro atoms. The summed E-state index contributed by atoms with van der Waals surface area (Å²) in [5.41, 5.74) is 6.00. The first-order valence-electron chi connectivity index (χ1n) is 6.96. The summed E-state index contributed by atoms with van der Waals surface area (Å²) in [5, 5.41) is 4.08. The molecule has 0 aromatic carbocycles. The number of hydrogen-bond donors (Lipinski definition) is 1. The molecule has 1 unspecified atom stereocenters. The van der Waals surface area contributed by atoms with Gasteiger partial charge in [0.15, 0.2) is 5.82 Å². The van der Waals surface area contributed by atoms with Crippen molar-refractivity contribution in [3.05, 3.63) is 11.7 Å². The highest BCUT2D eigenvalue weighted by Gasteiger charge is 2.35. The predicted octanol–water partition coefficient (Wildman–Crippen LogP) is 1.77. The van der Waals surface area contributed by atoms with Crippen LogP contribution >= 0.6 is 0 Å². The topological polar surface area (TPSA) is 74.2 Å². The molecule has 18 heavy (non-hydrogen) atoms. The number of rotatable bonds is 3. The molecule has 1 saturated carbocycles. The van der Waals surface area contributed by atoms with Crippen LogP contribution in [-0.2, 0) is 16.7 Å². The Morgan fingerprint density at radius 3 is 2.83 bits per heavy atom. The maximum Gasteiger partial charge on any atom is 0.246 e. The molecule has 1 aromatic rings. The molecule has 1 aliphatic carbocycles. The molecular weight excluding hydrogens is 230 g/mol. The van der Waals surface area contributed by atoms with Gasteiger partial charge in [0.1, 0.15) is 0 Å². The smallest absolute Gasteiger partial charge is 0.246 e. The Bertz CT molecular complexity index is 393. The van der Waals surface area contributed by atoms with E-state index in [1.165, 1.54) is 6.42 Å². The Hall–Kier alpha value is -0.940. The fraction of sp³-hybridized carbons (Fsp3) is 0.846. The zero-order valence-corrected chi connectivity index (χ0v) is 10.7. The molecule has 2 heterocycles. The van der Waals surface area contributed by atoms with E-state index in [0.29, 0.717) is 11.8 Å². The quantitative estimate of drug-likeness (QED) is 0.886. The van der Waals surface area contributed by atoms with Crippen molar-refractivity contribution >= 4 is 0 Å². The van der Waals surface area contributed by atoms with E-state index < -0.39 is 0 Å². The van der Waals surface area contributed by atoms with Crippen LogP contribution in [0.4, 0.5) is 0 Å². The van der Waals surface area contributed by atoms with Crippen molar-refractivity contribution in [3.8, 4) is 0 Å². The summed E-state index contributed by atoms with van der Waals surface area (Å²) in [4.78, 5) is 4.51. The molecular formula is C13H21N3O2. The number of nitrogens with two attached hydrogens (primary N) is 1. The van der Waals surface area contributed by atoms with E-state index in [1.54, 1.807) is 0 Å². The van der Waals surface area contributed by atoms with Gasteiger partial charge in [-0.1, -0.05) is 24.4 Å². The second-order valence-corrected chi connectivity index (χ2v) is 5.67. The summed E-state index contributed by atoms with van der Waals surface area (Å²) >= 11 is 0. The first-order chi connectivity index (χ1) is 8.76. The van der Waals surface area contributed by atoms with Gasteiger partial charge in [-0.15, -0.1) is 0 Å². The van der Waals surface area contributed by atoms with E-state index in [-0.39, 0.29) is 5.54 Å². The number of aromatic nitrogens is 2. The lowest BCUT2D eigenvalue weighted by molar-refractivity contribution is 0.185. The lowest BCUT2D eigenvalue weighted by Crippen LogP contribution is -2.39. The Morgan fingerprint density at radius 1 is 1.28 bits per heavy atom. The van der Waals surface area contributed by atoms with Crippen LogP contribution < -0.4 is 5.73 Å². The fourth-order valence-corrected chi connectivity index (χ4v) is 2.94. The van der Waals surface area contributed by atoms with Gasteiger partial charge in [-0.05, 0) is 25.2 Å².